The summed E-state index contributed by atoms with van der Waals surface area (Å²) in [6.45, 7) is 0.769. The van der Waals surface area contributed by atoms with Crippen LogP contribution in [-0.4, -0.2) is 18.3 Å². The van der Waals surface area contributed by atoms with Gasteiger partial charge in [0.05, 0.1) is 0 Å². The van der Waals surface area contributed by atoms with E-state index in [1.807, 2.05) is 13.8 Å². The van der Waals surface area contributed by atoms with Gasteiger partial charge in [-0.1, -0.05) is 12.1 Å². The topological polar surface area (TPSA) is 56.8 Å². The van der Waals surface area contributed by atoms with Crippen molar-refractivity contribution in [1.29, 1.82) is 0 Å². The Labute approximate surface area is 149 Å². The number of amides is 1. The first-order valence-corrected chi connectivity index (χ1v) is 8.16. The number of rotatable bonds is 6. The van der Waals surface area contributed by atoms with Gasteiger partial charge in [-0.3, -0.25) is 4.79 Å². The third-order valence-corrected chi connectivity index (χ3v) is 3.73. The van der Waals surface area contributed by atoms with E-state index in [9.17, 15) is 13.6 Å². The highest BCUT2D eigenvalue weighted by atomic mass is 19.3. The van der Waals surface area contributed by atoms with Crippen molar-refractivity contribution in [3.8, 4) is 17.2 Å². The highest BCUT2D eigenvalue weighted by molar-refractivity contribution is 5.91. The molecular formula is C19H19F2NO4. The van der Waals surface area contributed by atoms with Gasteiger partial charge in [0.15, 0.2) is 11.5 Å². The lowest BCUT2D eigenvalue weighted by Gasteiger charge is -2.16. The molecule has 1 aliphatic heterocycles. The predicted octanol–water partition coefficient (Wildman–Crippen LogP) is 4.37. The van der Waals surface area contributed by atoms with Crippen molar-refractivity contribution in [3.63, 3.8) is 0 Å². The van der Waals surface area contributed by atoms with Crippen molar-refractivity contribution in [2.24, 2.45) is 0 Å². The fraction of sp³-hybridized carbons (Fsp3) is 0.316. The van der Waals surface area contributed by atoms with Crippen molar-refractivity contribution in [3.05, 3.63) is 48.0 Å². The van der Waals surface area contributed by atoms with Crippen LogP contribution in [0.4, 0.5) is 14.5 Å². The van der Waals surface area contributed by atoms with Gasteiger partial charge < -0.3 is 19.5 Å². The summed E-state index contributed by atoms with van der Waals surface area (Å²) in [6, 6.07) is 11.5. The maximum Gasteiger partial charge on any atom is 0.387 e. The Morgan fingerprint density at radius 2 is 1.81 bits per heavy atom. The number of fused-ring (bicyclic) bond motifs is 1. The number of nitrogens with one attached hydrogen (secondary N) is 1. The van der Waals surface area contributed by atoms with E-state index in [0.29, 0.717) is 23.6 Å². The molecule has 0 atom stereocenters. The molecule has 0 radical (unpaired) electrons. The molecule has 1 aliphatic rings. The van der Waals surface area contributed by atoms with Crippen LogP contribution in [0.5, 0.6) is 17.2 Å². The highest BCUT2D eigenvalue weighted by Crippen LogP contribution is 2.40. The number of carbonyl (C=O) groups excluding carboxylic acids is 1. The van der Waals surface area contributed by atoms with Crippen LogP contribution in [0.25, 0.3) is 0 Å². The molecule has 1 heterocycles. The Morgan fingerprint density at radius 3 is 2.50 bits per heavy atom. The van der Waals surface area contributed by atoms with Crippen molar-refractivity contribution in [1.82, 2.24) is 0 Å². The van der Waals surface area contributed by atoms with E-state index in [0.717, 1.165) is 5.56 Å². The van der Waals surface area contributed by atoms with Crippen molar-refractivity contribution < 1.29 is 27.8 Å². The second kappa shape index (κ2) is 7.19. The van der Waals surface area contributed by atoms with Crippen LogP contribution in [0.2, 0.25) is 0 Å². The number of benzene rings is 2. The fourth-order valence-electron chi connectivity index (χ4n) is 2.62. The van der Waals surface area contributed by atoms with E-state index in [1.54, 1.807) is 30.3 Å². The van der Waals surface area contributed by atoms with E-state index in [-0.39, 0.29) is 18.1 Å². The summed E-state index contributed by atoms with van der Waals surface area (Å²) in [4.78, 5) is 12.1. The van der Waals surface area contributed by atoms with Gasteiger partial charge in [0.25, 0.3) is 0 Å². The number of hydrogen-bond donors (Lipinski definition) is 1. The second-order valence-corrected chi connectivity index (χ2v) is 6.34. The molecular weight excluding hydrogens is 344 g/mol. The Balaban J connectivity index is 1.52. The monoisotopic (exact) mass is 363 g/mol. The van der Waals surface area contributed by atoms with E-state index in [2.05, 4.69) is 10.1 Å². The van der Waals surface area contributed by atoms with Crippen LogP contribution in [0.15, 0.2) is 42.5 Å². The lowest BCUT2D eigenvalue weighted by atomic mass is 10.1. The fourth-order valence-corrected chi connectivity index (χ4v) is 2.62. The molecule has 1 amide bonds. The maximum atomic E-state index is 12.1. The lowest BCUT2D eigenvalue weighted by molar-refractivity contribution is -0.116. The quantitative estimate of drug-likeness (QED) is 0.828. The normalized spacial score (nSPS) is 14.3. The van der Waals surface area contributed by atoms with Gasteiger partial charge in [0.1, 0.15) is 5.75 Å². The minimum Gasteiger partial charge on any atom is -0.449 e. The molecule has 5 nitrogen and oxygen atoms in total. The Kier molecular flexibility index (Phi) is 4.97. The average Bonchev–Trinajstić information content (AvgIpc) is 2.87. The van der Waals surface area contributed by atoms with Gasteiger partial charge in [0.2, 0.25) is 11.7 Å². The van der Waals surface area contributed by atoms with Gasteiger partial charge >= 0.3 is 6.61 Å². The predicted molar refractivity (Wildman–Crippen MR) is 91.8 cm³/mol. The van der Waals surface area contributed by atoms with Crippen LogP contribution >= 0.6 is 0 Å². The third-order valence-electron chi connectivity index (χ3n) is 3.73. The molecule has 0 unspecified atom stereocenters. The van der Waals surface area contributed by atoms with E-state index < -0.39 is 12.4 Å². The van der Waals surface area contributed by atoms with Gasteiger partial charge in [-0.2, -0.15) is 8.78 Å². The number of carbonyl (C=O) groups is 1. The molecule has 0 spiro atoms. The summed E-state index contributed by atoms with van der Waals surface area (Å²) in [5, 5.41) is 2.81. The molecule has 2 aromatic rings. The van der Waals surface area contributed by atoms with Crippen LogP contribution in [0, 0.1) is 0 Å². The minimum atomic E-state index is -2.85. The van der Waals surface area contributed by atoms with Crippen LogP contribution in [0.3, 0.4) is 0 Å². The Bertz CT molecular complexity index is 791. The summed E-state index contributed by atoms with van der Waals surface area (Å²) < 4.78 is 39.8. The van der Waals surface area contributed by atoms with E-state index in [4.69, 9.17) is 9.47 Å². The minimum absolute atomic E-state index is 0.0940. The molecule has 0 aromatic heterocycles. The molecule has 0 fully saturated rings. The number of anilines is 1. The average molecular weight is 363 g/mol. The van der Waals surface area contributed by atoms with Crippen molar-refractivity contribution >= 4 is 11.6 Å². The first-order valence-electron chi connectivity index (χ1n) is 8.16. The molecule has 1 N–H and O–H groups in total. The number of ether oxygens (including phenoxy) is 3. The molecule has 3 rings (SSSR count). The molecule has 0 saturated carbocycles. The molecule has 2 aromatic carbocycles. The van der Waals surface area contributed by atoms with Crippen LogP contribution < -0.4 is 19.5 Å². The smallest absolute Gasteiger partial charge is 0.387 e. The first kappa shape index (κ1) is 18.0. The first-order chi connectivity index (χ1) is 12.3. The van der Waals surface area contributed by atoms with Crippen LogP contribution in [-0.2, 0) is 11.2 Å². The second-order valence-electron chi connectivity index (χ2n) is 6.34. The Morgan fingerprint density at radius 1 is 1.12 bits per heavy atom. The molecule has 0 aliphatic carbocycles. The largest absolute Gasteiger partial charge is 0.449 e. The van der Waals surface area contributed by atoms with Crippen LogP contribution in [0.1, 0.15) is 25.8 Å². The summed E-state index contributed by atoms with van der Waals surface area (Å²) >= 11 is 0. The summed E-state index contributed by atoms with van der Waals surface area (Å²) in [6.07, 6.45) is 0.743. The summed E-state index contributed by atoms with van der Waals surface area (Å²) in [7, 11) is 0. The van der Waals surface area contributed by atoms with Gasteiger partial charge in [-0.05, 0) is 36.2 Å². The SMILES string of the molecule is CC1(C)Oc2ccc(NC(=O)CCc3ccc(OC(F)F)cc3)cc2O1. The number of alkyl halides is 2. The Hall–Kier alpha value is -2.83. The zero-order valence-electron chi connectivity index (χ0n) is 14.4. The van der Waals surface area contributed by atoms with E-state index >= 15 is 0 Å². The van der Waals surface area contributed by atoms with E-state index in [1.165, 1.54) is 12.1 Å². The molecule has 26 heavy (non-hydrogen) atoms. The molecule has 0 bridgehead atoms. The maximum absolute atomic E-state index is 12.1. The highest BCUT2D eigenvalue weighted by Gasteiger charge is 2.31. The third kappa shape index (κ3) is 4.62. The zero-order valence-corrected chi connectivity index (χ0v) is 14.4. The molecule has 7 heteroatoms. The van der Waals surface area contributed by atoms with Gasteiger partial charge in [0, 0.05) is 32.0 Å². The zero-order chi connectivity index (χ0) is 18.7. The number of halogens is 2. The van der Waals surface area contributed by atoms with Gasteiger partial charge in [-0.15, -0.1) is 0 Å². The number of hydrogen-bond acceptors (Lipinski definition) is 4. The molecule has 138 valence electrons. The van der Waals surface area contributed by atoms with Crippen molar-refractivity contribution in [2.45, 2.75) is 39.1 Å². The summed E-state index contributed by atoms with van der Waals surface area (Å²) in [5.41, 5.74) is 1.48. The van der Waals surface area contributed by atoms with Crippen molar-refractivity contribution in [2.75, 3.05) is 5.32 Å². The van der Waals surface area contributed by atoms with Gasteiger partial charge in [-0.25, -0.2) is 0 Å². The standard InChI is InChI=1S/C19H19F2NO4/c1-19(2)25-15-9-6-13(11-16(15)26-19)22-17(23)10-5-12-3-7-14(8-4-12)24-18(20)21/h3-4,6-9,11,18H,5,10H2,1-2H3,(H,22,23). The lowest BCUT2D eigenvalue weighted by Crippen LogP contribution is -2.29. The molecule has 0 saturated heterocycles. The number of aryl methyl sites for hydroxylation is 1. The summed E-state index contributed by atoms with van der Waals surface area (Å²) in [5.74, 6) is 0.444.